The zero-order valence-corrected chi connectivity index (χ0v) is 20.2. The van der Waals surface area contributed by atoms with E-state index in [4.69, 9.17) is 4.74 Å². The summed E-state index contributed by atoms with van der Waals surface area (Å²) in [5.74, 6) is 0.955. The Kier molecular flexibility index (Phi) is 13.5. The molecule has 0 radical (unpaired) electrons. The fraction of sp³-hybridized carbons (Fsp3) is 0.692. The molecule has 30 heavy (non-hydrogen) atoms. The molecule has 168 valence electrons. The highest BCUT2D eigenvalue weighted by molar-refractivity contribution is 7.14. The smallest absolute Gasteiger partial charge is 0.147 e. The maximum Gasteiger partial charge on any atom is 0.147 e. The minimum atomic E-state index is 0.813. The van der Waals surface area contributed by atoms with Crippen molar-refractivity contribution in [3.05, 3.63) is 29.3 Å². The largest absolute Gasteiger partial charge is 0.494 e. The number of rotatable bonds is 18. The summed E-state index contributed by atoms with van der Waals surface area (Å²) < 4.78 is 5.88. The van der Waals surface area contributed by atoms with E-state index in [-0.39, 0.29) is 0 Å². The van der Waals surface area contributed by atoms with E-state index >= 15 is 0 Å². The van der Waals surface area contributed by atoms with Crippen LogP contribution in [0.15, 0.2) is 24.3 Å². The van der Waals surface area contributed by atoms with Gasteiger partial charge in [0.2, 0.25) is 0 Å². The zero-order valence-electron chi connectivity index (χ0n) is 19.3. The Bertz CT molecular complexity index is 653. The third-order valence-corrected chi connectivity index (χ3v) is 6.61. The predicted molar refractivity (Wildman–Crippen MR) is 131 cm³/mol. The van der Waals surface area contributed by atoms with Crippen molar-refractivity contribution >= 4 is 11.3 Å². The molecule has 0 amide bonds. The second-order valence-corrected chi connectivity index (χ2v) is 9.43. The van der Waals surface area contributed by atoms with E-state index in [9.17, 15) is 0 Å². The zero-order chi connectivity index (χ0) is 21.3. The van der Waals surface area contributed by atoms with Crippen molar-refractivity contribution in [2.24, 2.45) is 0 Å². The normalized spacial score (nSPS) is 11.1. The topological polar surface area (TPSA) is 35.0 Å². The van der Waals surface area contributed by atoms with Crippen LogP contribution in [-0.4, -0.2) is 16.8 Å². The van der Waals surface area contributed by atoms with Crippen LogP contribution in [0.25, 0.3) is 10.6 Å². The van der Waals surface area contributed by atoms with Crippen LogP contribution in [0.1, 0.15) is 109 Å². The summed E-state index contributed by atoms with van der Waals surface area (Å²) in [5, 5.41) is 11.0. The number of hydrogen-bond donors (Lipinski definition) is 0. The fourth-order valence-electron chi connectivity index (χ4n) is 3.65. The molecule has 0 N–H and O–H groups in total. The van der Waals surface area contributed by atoms with Crippen molar-refractivity contribution in [3.8, 4) is 16.3 Å². The summed E-state index contributed by atoms with van der Waals surface area (Å²) in [5.41, 5.74) is 1.14. The SMILES string of the molecule is CCCCCCCCCCc1nnc(-c2ccc(OCCCCCCCC)cc2)s1. The van der Waals surface area contributed by atoms with Crippen LogP contribution in [0, 0.1) is 0 Å². The Morgan fingerprint density at radius 3 is 1.87 bits per heavy atom. The van der Waals surface area contributed by atoms with Gasteiger partial charge in [-0.2, -0.15) is 0 Å². The maximum atomic E-state index is 5.88. The summed E-state index contributed by atoms with van der Waals surface area (Å²) in [6.45, 7) is 5.34. The minimum absolute atomic E-state index is 0.813. The summed E-state index contributed by atoms with van der Waals surface area (Å²) in [6.07, 6.45) is 19.6. The van der Waals surface area contributed by atoms with E-state index < -0.39 is 0 Å². The second-order valence-electron chi connectivity index (χ2n) is 8.37. The van der Waals surface area contributed by atoms with Crippen molar-refractivity contribution < 1.29 is 4.74 Å². The fourth-order valence-corrected chi connectivity index (χ4v) is 4.53. The molecule has 1 aromatic carbocycles. The molecule has 0 saturated heterocycles. The molecule has 1 heterocycles. The standard InChI is InChI=1S/C26H42N2OS/c1-3-5-7-9-11-12-13-15-17-25-27-28-26(30-25)23-18-20-24(21-19-23)29-22-16-14-10-8-6-4-2/h18-21H,3-17,22H2,1-2H3. The van der Waals surface area contributed by atoms with Gasteiger partial charge in [-0.3, -0.25) is 0 Å². The molecule has 0 saturated carbocycles. The van der Waals surface area contributed by atoms with E-state index in [2.05, 4.69) is 48.3 Å². The molecule has 0 aliphatic heterocycles. The van der Waals surface area contributed by atoms with Crippen molar-refractivity contribution in [2.45, 2.75) is 110 Å². The Morgan fingerprint density at radius 1 is 0.667 bits per heavy atom. The number of hydrogen-bond acceptors (Lipinski definition) is 4. The van der Waals surface area contributed by atoms with Gasteiger partial charge in [-0.05, 0) is 37.1 Å². The Hall–Kier alpha value is -1.42. The molecule has 0 bridgehead atoms. The van der Waals surface area contributed by atoms with Crippen LogP contribution < -0.4 is 4.74 Å². The number of benzene rings is 1. The van der Waals surface area contributed by atoms with Crippen LogP contribution in [0.2, 0.25) is 0 Å². The Morgan fingerprint density at radius 2 is 1.23 bits per heavy atom. The third kappa shape index (κ3) is 10.6. The van der Waals surface area contributed by atoms with Crippen molar-refractivity contribution in [1.82, 2.24) is 10.2 Å². The van der Waals surface area contributed by atoms with Crippen molar-refractivity contribution in [2.75, 3.05) is 6.61 Å². The summed E-state index contributed by atoms with van der Waals surface area (Å²) >= 11 is 1.73. The minimum Gasteiger partial charge on any atom is -0.494 e. The lowest BCUT2D eigenvalue weighted by atomic mass is 10.1. The predicted octanol–water partition coefficient (Wildman–Crippen LogP) is 8.63. The summed E-state index contributed by atoms with van der Waals surface area (Å²) in [7, 11) is 0. The molecule has 0 unspecified atom stereocenters. The molecular weight excluding hydrogens is 388 g/mol. The van der Waals surface area contributed by atoms with E-state index in [0.717, 1.165) is 35.8 Å². The lowest BCUT2D eigenvalue weighted by Crippen LogP contribution is -1.97. The highest BCUT2D eigenvalue weighted by atomic mass is 32.1. The van der Waals surface area contributed by atoms with Crippen LogP contribution in [0.4, 0.5) is 0 Å². The lowest BCUT2D eigenvalue weighted by Gasteiger charge is -2.06. The van der Waals surface area contributed by atoms with Gasteiger partial charge in [-0.25, -0.2) is 0 Å². The number of aromatic nitrogens is 2. The first kappa shape index (κ1) is 24.8. The second kappa shape index (κ2) is 16.3. The Labute approximate surface area is 188 Å². The Balaban J connectivity index is 1.61. The van der Waals surface area contributed by atoms with Crippen molar-refractivity contribution in [1.29, 1.82) is 0 Å². The van der Waals surface area contributed by atoms with Crippen LogP contribution in [0.5, 0.6) is 5.75 Å². The first-order chi connectivity index (χ1) is 14.8. The van der Waals surface area contributed by atoms with Crippen LogP contribution >= 0.6 is 11.3 Å². The molecule has 3 nitrogen and oxygen atoms in total. The van der Waals surface area contributed by atoms with Crippen LogP contribution in [-0.2, 0) is 6.42 Å². The highest BCUT2D eigenvalue weighted by Gasteiger charge is 2.07. The van der Waals surface area contributed by atoms with Gasteiger partial charge in [0.1, 0.15) is 15.8 Å². The third-order valence-electron chi connectivity index (χ3n) is 5.58. The summed E-state index contributed by atoms with van der Waals surface area (Å²) in [6, 6.07) is 8.34. The monoisotopic (exact) mass is 430 g/mol. The van der Waals surface area contributed by atoms with E-state index in [0.29, 0.717) is 0 Å². The quantitative estimate of drug-likeness (QED) is 0.222. The van der Waals surface area contributed by atoms with E-state index in [1.807, 2.05) is 0 Å². The van der Waals surface area contributed by atoms with E-state index in [1.54, 1.807) is 11.3 Å². The summed E-state index contributed by atoms with van der Waals surface area (Å²) in [4.78, 5) is 0. The van der Waals surface area contributed by atoms with Gasteiger partial charge in [-0.1, -0.05) is 102 Å². The van der Waals surface area contributed by atoms with Gasteiger partial charge in [0.25, 0.3) is 0 Å². The average Bonchev–Trinajstić information content (AvgIpc) is 3.24. The number of nitrogens with zero attached hydrogens (tertiary/aromatic N) is 2. The molecule has 2 aromatic rings. The molecule has 0 spiro atoms. The highest BCUT2D eigenvalue weighted by Crippen LogP contribution is 2.26. The lowest BCUT2D eigenvalue weighted by molar-refractivity contribution is 0.304. The molecule has 0 aliphatic rings. The maximum absolute atomic E-state index is 5.88. The molecule has 0 aliphatic carbocycles. The van der Waals surface area contributed by atoms with Gasteiger partial charge in [-0.15, -0.1) is 10.2 Å². The molecule has 2 rings (SSSR count). The van der Waals surface area contributed by atoms with Crippen molar-refractivity contribution in [3.63, 3.8) is 0 Å². The average molecular weight is 431 g/mol. The number of aryl methyl sites for hydroxylation is 1. The molecule has 0 fully saturated rings. The van der Waals surface area contributed by atoms with E-state index in [1.165, 1.54) is 88.5 Å². The van der Waals surface area contributed by atoms with Gasteiger partial charge in [0, 0.05) is 12.0 Å². The molecular formula is C26H42N2OS. The first-order valence-electron chi connectivity index (χ1n) is 12.4. The number of ether oxygens (including phenoxy) is 1. The van der Waals surface area contributed by atoms with Crippen LogP contribution in [0.3, 0.4) is 0 Å². The van der Waals surface area contributed by atoms with Gasteiger partial charge in [0.15, 0.2) is 0 Å². The molecule has 1 aromatic heterocycles. The van der Waals surface area contributed by atoms with Gasteiger partial charge in [0.05, 0.1) is 6.61 Å². The molecule has 4 heteroatoms. The number of unbranched alkanes of at least 4 members (excludes halogenated alkanes) is 12. The van der Waals surface area contributed by atoms with Gasteiger partial charge >= 0.3 is 0 Å². The van der Waals surface area contributed by atoms with Gasteiger partial charge < -0.3 is 4.74 Å². The molecule has 0 atom stereocenters. The first-order valence-corrected chi connectivity index (χ1v) is 13.2.